The maximum atomic E-state index is 4.47. The number of rotatable bonds is 3. The average Bonchev–Trinajstić information content (AvgIpc) is 3.01. The fourth-order valence-electron chi connectivity index (χ4n) is 1.93. The third-order valence-corrected chi connectivity index (χ3v) is 3.27. The second-order valence-corrected chi connectivity index (χ2v) is 4.46. The lowest BCUT2D eigenvalue weighted by atomic mass is 10.1. The first-order valence-corrected chi connectivity index (χ1v) is 5.61. The SMILES string of the molecule is CNC1CN(c2cnc(C3CC3)cn2)C1. The Balaban J connectivity index is 1.66. The molecule has 1 aliphatic heterocycles. The molecular formula is C11H16N4. The molecule has 0 aromatic carbocycles. The lowest BCUT2D eigenvalue weighted by Gasteiger charge is -2.39. The standard InChI is InChI=1S/C11H16N4/c1-12-9-6-15(7-9)11-5-13-10(4-14-11)8-2-3-8/h4-5,8-9,12H,2-3,6-7H2,1H3. The maximum absolute atomic E-state index is 4.47. The van der Waals surface area contributed by atoms with E-state index in [1.54, 1.807) is 0 Å². The van der Waals surface area contributed by atoms with Crippen LogP contribution in [0.4, 0.5) is 5.82 Å². The van der Waals surface area contributed by atoms with Crippen LogP contribution in [0.1, 0.15) is 24.5 Å². The van der Waals surface area contributed by atoms with Crippen molar-refractivity contribution in [3.8, 4) is 0 Å². The molecule has 0 spiro atoms. The largest absolute Gasteiger partial charge is 0.352 e. The minimum Gasteiger partial charge on any atom is -0.352 e. The van der Waals surface area contributed by atoms with Gasteiger partial charge >= 0.3 is 0 Å². The third kappa shape index (κ3) is 1.69. The van der Waals surface area contributed by atoms with Crippen LogP contribution >= 0.6 is 0 Å². The van der Waals surface area contributed by atoms with Gasteiger partial charge in [0.1, 0.15) is 5.82 Å². The quantitative estimate of drug-likeness (QED) is 0.789. The van der Waals surface area contributed by atoms with Gasteiger partial charge in [-0.3, -0.25) is 4.98 Å². The number of hydrogen-bond acceptors (Lipinski definition) is 4. The summed E-state index contributed by atoms with van der Waals surface area (Å²) in [6.07, 6.45) is 6.44. The molecule has 15 heavy (non-hydrogen) atoms. The Morgan fingerprint density at radius 3 is 2.60 bits per heavy atom. The number of nitrogens with zero attached hydrogens (tertiary/aromatic N) is 3. The van der Waals surface area contributed by atoms with E-state index in [2.05, 4.69) is 20.2 Å². The summed E-state index contributed by atoms with van der Waals surface area (Å²) in [5, 5.41) is 3.25. The van der Waals surface area contributed by atoms with Gasteiger partial charge in [0.25, 0.3) is 0 Å². The first-order chi connectivity index (χ1) is 7.36. The second kappa shape index (κ2) is 3.45. The van der Waals surface area contributed by atoms with Crippen LogP contribution in [-0.2, 0) is 0 Å². The molecule has 3 rings (SSSR count). The second-order valence-electron chi connectivity index (χ2n) is 4.46. The van der Waals surface area contributed by atoms with Gasteiger partial charge in [0, 0.05) is 25.0 Å². The molecule has 1 aromatic heterocycles. The Hall–Kier alpha value is -1.16. The minimum absolute atomic E-state index is 0.620. The van der Waals surface area contributed by atoms with Gasteiger partial charge in [-0.2, -0.15) is 0 Å². The first-order valence-electron chi connectivity index (χ1n) is 5.61. The Kier molecular flexibility index (Phi) is 2.09. The normalized spacial score (nSPS) is 21.5. The number of anilines is 1. The first kappa shape index (κ1) is 9.09. The van der Waals surface area contributed by atoms with Crippen LogP contribution in [0.2, 0.25) is 0 Å². The summed E-state index contributed by atoms with van der Waals surface area (Å²) < 4.78 is 0. The van der Waals surface area contributed by atoms with Gasteiger partial charge in [-0.25, -0.2) is 4.98 Å². The predicted octanol–water partition coefficient (Wildman–Crippen LogP) is 0.762. The van der Waals surface area contributed by atoms with E-state index in [1.165, 1.54) is 18.5 Å². The van der Waals surface area contributed by atoms with Crippen molar-refractivity contribution in [3.05, 3.63) is 18.1 Å². The van der Waals surface area contributed by atoms with E-state index in [1.807, 2.05) is 19.4 Å². The van der Waals surface area contributed by atoms with Crippen molar-refractivity contribution in [3.63, 3.8) is 0 Å². The van der Waals surface area contributed by atoms with Crippen LogP contribution in [0.3, 0.4) is 0 Å². The molecule has 4 nitrogen and oxygen atoms in total. The van der Waals surface area contributed by atoms with Gasteiger partial charge in [-0.05, 0) is 19.9 Å². The molecule has 0 unspecified atom stereocenters. The molecule has 0 amide bonds. The van der Waals surface area contributed by atoms with Gasteiger partial charge in [0.15, 0.2) is 0 Å². The Labute approximate surface area is 89.7 Å². The third-order valence-electron chi connectivity index (χ3n) is 3.27. The Morgan fingerprint density at radius 1 is 1.27 bits per heavy atom. The summed E-state index contributed by atoms with van der Waals surface area (Å²) in [5.74, 6) is 1.72. The highest BCUT2D eigenvalue weighted by Gasteiger charge is 2.28. The molecule has 80 valence electrons. The van der Waals surface area contributed by atoms with Gasteiger partial charge in [0.2, 0.25) is 0 Å². The van der Waals surface area contributed by atoms with Crippen molar-refractivity contribution in [2.24, 2.45) is 0 Å². The minimum atomic E-state index is 0.620. The Bertz CT molecular complexity index is 338. The van der Waals surface area contributed by atoms with Crippen LogP contribution in [-0.4, -0.2) is 36.1 Å². The molecule has 1 aromatic rings. The molecule has 1 N–H and O–H groups in total. The van der Waals surface area contributed by atoms with Gasteiger partial charge in [-0.1, -0.05) is 0 Å². The van der Waals surface area contributed by atoms with E-state index in [0.717, 1.165) is 18.9 Å². The summed E-state index contributed by atoms with van der Waals surface area (Å²) >= 11 is 0. The van der Waals surface area contributed by atoms with Crippen LogP contribution in [0.25, 0.3) is 0 Å². The summed E-state index contributed by atoms with van der Waals surface area (Å²) in [5.41, 5.74) is 1.17. The monoisotopic (exact) mass is 204 g/mol. The van der Waals surface area contributed by atoms with Crippen LogP contribution in [0.15, 0.2) is 12.4 Å². The van der Waals surface area contributed by atoms with E-state index in [0.29, 0.717) is 12.0 Å². The zero-order valence-electron chi connectivity index (χ0n) is 8.98. The number of likely N-dealkylation sites (N-methyl/N-ethyl adjacent to an activating group) is 1. The number of nitrogens with one attached hydrogen (secondary N) is 1. The highest BCUT2D eigenvalue weighted by Crippen LogP contribution is 2.38. The van der Waals surface area contributed by atoms with Crippen molar-refractivity contribution in [2.75, 3.05) is 25.0 Å². The van der Waals surface area contributed by atoms with Crippen molar-refractivity contribution in [1.29, 1.82) is 0 Å². The summed E-state index contributed by atoms with van der Waals surface area (Å²) in [6.45, 7) is 2.10. The molecule has 2 heterocycles. The molecule has 2 aliphatic rings. The Morgan fingerprint density at radius 2 is 2.07 bits per heavy atom. The average molecular weight is 204 g/mol. The molecule has 1 saturated heterocycles. The van der Waals surface area contributed by atoms with Gasteiger partial charge < -0.3 is 10.2 Å². The zero-order valence-corrected chi connectivity index (χ0v) is 8.98. The smallest absolute Gasteiger partial charge is 0.147 e. The van der Waals surface area contributed by atoms with Crippen molar-refractivity contribution < 1.29 is 0 Å². The highest BCUT2D eigenvalue weighted by atomic mass is 15.3. The lowest BCUT2D eigenvalue weighted by Crippen LogP contribution is -2.57. The van der Waals surface area contributed by atoms with Gasteiger partial charge in [0.05, 0.1) is 18.1 Å². The molecule has 0 radical (unpaired) electrons. The fourth-order valence-corrected chi connectivity index (χ4v) is 1.93. The summed E-state index contributed by atoms with van der Waals surface area (Å²) in [4.78, 5) is 11.2. The van der Waals surface area contributed by atoms with Crippen LogP contribution in [0, 0.1) is 0 Å². The van der Waals surface area contributed by atoms with E-state index in [9.17, 15) is 0 Å². The molecule has 2 fully saturated rings. The predicted molar refractivity (Wildman–Crippen MR) is 59.1 cm³/mol. The molecule has 0 atom stereocenters. The van der Waals surface area contributed by atoms with Crippen molar-refractivity contribution in [1.82, 2.24) is 15.3 Å². The topological polar surface area (TPSA) is 41.0 Å². The van der Waals surface area contributed by atoms with Crippen molar-refractivity contribution in [2.45, 2.75) is 24.8 Å². The molecule has 0 bridgehead atoms. The molecular weight excluding hydrogens is 188 g/mol. The highest BCUT2D eigenvalue weighted by molar-refractivity contribution is 5.40. The van der Waals surface area contributed by atoms with Crippen LogP contribution in [0.5, 0.6) is 0 Å². The van der Waals surface area contributed by atoms with E-state index >= 15 is 0 Å². The number of aromatic nitrogens is 2. The van der Waals surface area contributed by atoms with E-state index < -0.39 is 0 Å². The lowest BCUT2D eigenvalue weighted by molar-refractivity contribution is 0.446. The maximum Gasteiger partial charge on any atom is 0.147 e. The summed E-state index contributed by atoms with van der Waals surface area (Å²) in [7, 11) is 2.00. The molecule has 4 heteroatoms. The van der Waals surface area contributed by atoms with Crippen LogP contribution < -0.4 is 10.2 Å². The molecule has 1 saturated carbocycles. The van der Waals surface area contributed by atoms with E-state index in [-0.39, 0.29) is 0 Å². The van der Waals surface area contributed by atoms with E-state index in [4.69, 9.17) is 0 Å². The fraction of sp³-hybridized carbons (Fsp3) is 0.636. The number of hydrogen-bond donors (Lipinski definition) is 1. The van der Waals surface area contributed by atoms with Gasteiger partial charge in [-0.15, -0.1) is 0 Å². The zero-order chi connectivity index (χ0) is 10.3. The molecule has 1 aliphatic carbocycles. The van der Waals surface area contributed by atoms with Crippen molar-refractivity contribution >= 4 is 5.82 Å². The summed E-state index contributed by atoms with van der Waals surface area (Å²) in [6, 6.07) is 0.620.